The zero-order chi connectivity index (χ0) is 16.7. The van der Waals surface area contributed by atoms with Crippen LogP contribution in [-0.2, 0) is 4.74 Å². The van der Waals surface area contributed by atoms with Crippen LogP contribution in [0.3, 0.4) is 0 Å². The maximum atomic E-state index is 5.66. The van der Waals surface area contributed by atoms with Crippen LogP contribution in [0.1, 0.15) is 26.7 Å². The van der Waals surface area contributed by atoms with Gasteiger partial charge in [-0.2, -0.15) is 0 Å². The molecule has 2 heterocycles. The van der Waals surface area contributed by atoms with Gasteiger partial charge in [0.25, 0.3) is 0 Å². The van der Waals surface area contributed by atoms with Gasteiger partial charge in [0.05, 0.1) is 6.10 Å². The first-order chi connectivity index (χ1) is 11.1. The van der Waals surface area contributed by atoms with Crippen molar-refractivity contribution in [3.8, 4) is 0 Å². The fourth-order valence-corrected chi connectivity index (χ4v) is 3.38. The minimum Gasteiger partial charge on any atom is -0.376 e. The van der Waals surface area contributed by atoms with Gasteiger partial charge in [0, 0.05) is 59.0 Å². The molecule has 7 heteroatoms. The number of nitrogens with one attached hydrogen (secondary N) is 2. The van der Waals surface area contributed by atoms with E-state index in [1.54, 1.807) is 0 Å². The van der Waals surface area contributed by atoms with Crippen LogP contribution in [0.25, 0.3) is 0 Å². The molecule has 0 aliphatic carbocycles. The SMILES string of the molecule is CN=C(NCC1CCCO1)NCC(C(C)C)N1CCN(C)CC1.I. The summed E-state index contributed by atoms with van der Waals surface area (Å²) in [6, 6.07) is 0.546. The highest BCUT2D eigenvalue weighted by atomic mass is 127. The Morgan fingerprint density at radius 2 is 1.92 bits per heavy atom. The largest absolute Gasteiger partial charge is 0.376 e. The summed E-state index contributed by atoms with van der Waals surface area (Å²) in [5.74, 6) is 1.52. The minimum atomic E-state index is 0. The lowest BCUT2D eigenvalue weighted by Crippen LogP contribution is -2.55. The van der Waals surface area contributed by atoms with Crippen LogP contribution in [-0.4, -0.2) is 87.9 Å². The molecule has 0 aromatic rings. The molecule has 2 aliphatic heterocycles. The third-order valence-electron chi connectivity index (χ3n) is 5.00. The molecule has 0 saturated carbocycles. The van der Waals surface area contributed by atoms with Crippen LogP contribution >= 0.6 is 24.0 Å². The number of guanidine groups is 1. The molecular formula is C17H36IN5O. The molecule has 2 atom stereocenters. The zero-order valence-electron chi connectivity index (χ0n) is 15.8. The molecule has 2 saturated heterocycles. The maximum Gasteiger partial charge on any atom is 0.191 e. The summed E-state index contributed by atoms with van der Waals surface area (Å²) in [7, 11) is 4.04. The van der Waals surface area contributed by atoms with Gasteiger partial charge >= 0.3 is 0 Å². The monoisotopic (exact) mass is 453 g/mol. The van der Waals surface area contributed by atoms with E-state index in [0.717, 1.165) is 58.3 Å². The van der Waals surface area contributed by atoms with Crippen molar-refractivity contribution in [2.45, 2.75) is 38.8 Å². The Balaban J connectivity index is 0.00000288. The maximum absolute atomic E-state index is 5.66. The van der Waals surface area contributed by atoms with Crippen LogP contribution in [0, 0.1) is 5.92 Å². The Morgan fingerprint density at radius 3 is 2.46 bits per heavy atom. The number of nitrogens with zero attached hydrogens (tertiary/aromatic N) is 3. The van der Waals surface area contributed by atoms with Gasteiger partial charge in [0.15, 0.2) is 5.96 Å². The highest BCUT2D eigenvalue weighted by Gasteiger charge is 2.25. The molecule has 0 spiro atoms. The Kier molecular flexibility index (Phi) is 10.5. The molecule has 2 unspecified atom stereocenters. The van der Waals surface area contributed by atoms with E-state index < -0.39 is 0 Å². The van der Waals surface area contributed by atoms with Crippen molar-refractivity contribution in [2.75, 3.05) is 60.0 Å². The molecule has 0 bridgehead atoms. The molecule has 0 radical (unpaired) electrons. The molecule has 2 aliphatic rings. The summed E-state index contributed by atoms with van der Waals surface area (Å²) >= 11 is 0. The molecular weight excluding hydrogens is 417 g/mol. The van der Waals surface area contributed by atoms with Crippen molar-refractivity contribution < 1.29 is 4.74 Å². The fourth-order valence-electron chi connectivity index (χ4n) is 3.38. The van der Waals surface area contributed by atoms with E-state index in [9.17, 15) is 0 Å². The van der Waals surface area contributed by atoms with Gasteiger partial charge in [-0.1, -0.05) is 13.8 Å². The van der Waals surface area contributed by atoms with Gasteiger partial charge < -0.3 is 20.3 Å². The zero-order valence-corrected chi connectivity index (χ0v) is 18.1. The van der Waals surface area contributed by atoms with Crippen molar-refractivity contribution in [1.82, 2.24) is 20.4 Å². The topological polar surface area (TPSA) is 52.1 Å². The number of ether oxygens (including phenoxy) is 1. The van der Waals surface area contributed by atoms with Gasteiger partial charge in [0.2, 0.25) is 0 Å². The van der Waals surface area contributed by atoms with Crippen LogP contribution in [0.15, 0.2) is 4.99 Å². The molecule has 2 N–H and O–H groups in total. The fraction of sp³-hybridized carbons (Fsp3) is 0.941. The first-order valence-electron chi connectivity index (χ1n) is 9.09. The Bertz CT molecular complexity index is 366. The van der Waals surface area contributed by atoms with E-state index in [0.29, 0.717) is 18.1 Å². The van der Waals surface area contributed by atoms with E-state index in [1.807, 2.05) is 7.05 Å². The third kappa shape index (κ3) is 7.01. The standard InChI is InChI=1S/C17H35N5O.HI/c1-14(2)16(22-9-7-21(4)8-10-22)13-20-17(18-3)19-12-15-6-5-11-23-15;/h14-16H,5-13H2,1-4H3,(H2,18,19,20);1H. The Labute approximate surface area is 164 Å². The van der Waals surface area contributed by atoms with Crippen molar-refractivity contribution >= 4 is 29.9 Å². The predicted molar refractivity (Wildman–Crippen MR) is 111 cm³/mol. The molecule has 6 nitrogen and oxygen atoms in total. The van der Waals surface area contributed by atoms with Gasteiger partial charge in [-0.15, -0.1) is 24.0 Å². The summed E-state index contributed by atoms with van der Waals surface area (Å²) in [5, 5.41) is 6.91. The lowest BCUT2D eigenvalue weighted by Gasteiger charge is -2.40. The first-order valence-corrected chi connectivity index (χ1v) is 9.09. The van der Waals surface area contributed by atoms with E-state index in [-0.39, 0.29) is 24.0 Å². The highest BCUT2D eigenvalue weighted by molar-refractivity contribution is 14.0. The number of rotatable bonds is 6. The summed E-state index contributed by atoms with van der Waals surface area (Å²) in [6.07, 6.45) is 2.67. The second kappa shape index (κ2) is 11.5. The van der Waals surface area contributed by atoms with Crippen LogP contribution in [0.2, 0.25) is 0 Å². The molecule has 24 heavy (non-hydrogen) atoms. The van der Waals surface area contributed by atoms with Gasteiger partial charge in [0.1, 0.15) is 0 Å². The smallest absolute Gasteiger partial charge is 0.191 e. The van der Waals surface area contributed by atoms with Crippen molar-refractivity contribution in [1.29, 1.82) is 0 Å². The molecule has 142 valence electrons. The predicted octanol–water partition coefficient (Wildman–Crippen LogP) is 1.22. The number of aliphatic imine (C=N–C) groups is 1. The molecule has 0 aromatic heterocycles. The quantitative estimate of drug-likeness (QED) is 0.360. The van der Waals surface area contributed by atoms with Crippen molar-refractivity contribution in [3.63, 3.8) is 0 Å². The van der Waals surface area contributed by atoms with Gasteiger partial charge in [-0.05, 0) is 25.8 Å². The van der Waals surface area contributed by atoms with E-state index in [4.69, 9.17) is 4.74 Å². The molecule has 0 amide bonds. The average Bonchev–Trinajstić information content (AvgIpc) is 3.05. The lowest BCUT2D eigenvalue weighted by molar-refractivity contribution is 0.0898. The molecule has 2 fully saturated rings. The third-order valence-corrected chi connectivity index (χ3v) is 5.00. The van der Waals surface area contributed by atoms with Crippen LogP contribution in [0.5, 0.6) is 0 Å². The second-order valence-electron chi connectivity index (χ2n) is 7.12. The highest BCUT2D eigenvalue weighted by Crippen LogP contribution is 2.13. The summed E-state index contributed by atoms with van der Waals surface area (Å²) in [6.45, 7) is 11.9. The molecule has 2 rings (SSSR count). The first kappa shape index (κ1) is 21.9. The Morgan fingerprint density at radius 1 is 1.21 bits per heavy atom. The summed E-state index contributed by atoms with van der Waals surface area (Å²) in [4.78, 5) is 9.37. The number of piperazine rings is 1. The van der Waals surface area contributed by atoms with Gasteiger partial charge in [-0.3, -0.25) is 9.89 Å². The van der Waals surface area contributed by atoms with E-state index in [2.05, 4.69) is 46.3 Å². The second-order valence-corrected chi connectivity index (χ2v) is 7.12. The normalized spacial score (nSPS) is 24.7. The lowest BCUT2D eigenvalue weighted by atomic mass is 10.0. The average molecular weight is 453 g/mol. The minimum absolute atomic E-state index is 0. The number of hydrogen-bond acceptors (Lipinski definition) is 4. The summed E-state index contributed by atoms with van der Waals surface area (Å²) < 4.78 is 5.66. The van der Waals surface area contributed by atoms with E-state index >= 15 is 0 Å². The number of likely N-dealkylation sites (N-methyl/N-ethyl adjacent to an activating group) is 1. The van der Waals surface area contributed by atoms with Crippen molar-refractivity contribution in [2.24, 2.45) is 10.9 Å². The molecule has 0 aromatic carbocycles. The number of hydrogen-bond donors (Lipinski definition) is 2. The van der Waals surface area contributed by atoms with Gasteiger partial charge in [-0.25, -0.2) is 0 Å². The van der Waals surface area contributed by atoms with Crippen molar-refractivity contribution in [3.05, 3.63) is 0 Å². The van der Waals surface area contributed by atoms with E-state index in [1.165, 1.54) is 6.42 Å². The summed E-state index contributed by atoms with van der Waals surface area (Å²) in [5.41, 5.74) is 0. The van der Waals surface area contributed by atoms with Crippen LogP contribution < -0.4 is 10.6 Å². The van der Waals surface area contributed by atoms with Crippen LogP contribution in [0.4, 0.5) is 0 Å². The number of halogens is 1. The Hall–Kier alpha value is -0.120.